The summed E-state index contributed by atoms with van der Waals surface area (Å²) in [6.07, 6.45) is 0. The van der Waals surface area contributed by atoms with E-state index in [9.17, 15) is 14.9 Å². The van der Waals surface area contributed by atoms with Crippen molar-refractivity contribution in [2.24, 2.45) is 0 Å². The van der Waals surface area contributed by atoms with Crippen LogP contribution in [0.5, 0.6) is 5.75 Å². The van der Waals surface area contributed by atoms with Gasteiger partial charge in [0.25, 0.3) is 6.04 Å². The van der Waals surface area contributed by atoms with Gasteiger partial charge in [0.2, 0.25) is 5.20 Å². The zero-order chi connectivity index (χ0) is 15.8. The van der Waals surface area contributed by atoms with E-state index >= 15 is 0 Å². The predicted octanol–water partition coefficient (Wildman–Crippen LogP) is 1.54. The van der Waals surface area contributed by atoms with Gasteiger partial charge in [0, 0.05) is 4.92 Å². The molecule has 0 saturated carbocycles. The molecule has 0 aromatic heterocycles. The summed E-state index contributed by atoms with van der Waals surface area (Å²) < 4.78 is 14.1. The van der Waals surface area contributed by atoms with E-state index in [-0.39, 0.29) is 19.0 Å². The van der Waals surface area contributed by atoms with Crippen LogP contribution >= 0.6 is 15.9 Å². The summed E-state index contributed by atoms with van der Waals surface area (Å²) in [5, 5.41) is 18.5. The molecule has 1 aromatic rings. The number of hydrogen-bond donors (Lipinski definition) is 1. The van der Waals surface area contributed by atoms with Gasteiger partial charge in [0.05, 0.1) is 12.7 Å². The summed E-state index contributed by atoms with van der Waals surface area (Å²) in [7, 11) is 1.31. The first-order chi connectivity index (χ1) is 9.93. The normalized spacial score (nSPS) is 20.9. The molecule has 0 atom stereocenters. The summed E-state index contributed by atoms with van der Waals surface area (Å²) in [6.45, 7) is 0.228. The SMILES string of the molecule is COC(=O)c1ccc(O)cc1.O=[N+]([O-])C1COC(Br)OC1. The first kappa shape index (κ1) is 17.3. The third-order valence-corrected chi connectivity index (χ3v) is 2.95. The van der Waals surface area contributed by atoms with Crippen LogP contribution in [0.15, 0.2) is 24.3 Å². The molecule has 116 valence electrons. The summed E-state index contributed by atoms with van der Waals surface area (Å²) in [4.78, 5) is 20.5. The fourth-order valence-corrected chi connectivity index (χ4v) is 1.61. The van der Waals surface area contributed by atoms with Crippen LogP contribution in [0, 0.1) is 10.1 Å². The van der Waals surface area contributed by atoms with Crippen LogP contribution in [0.1, 0.15) is 10.4 Å². The zero-order valence-electron chi connectivity index (χ0n) is 11.1. The molecule has 0 radical (unpaired) electrons. The van der Waals surface area contributed by atoms with Crippen molar-refractivity contribution in [3.63, 3.8) is 0 Å². The van der Waals surface area contributed by atoms with Crippen LogP contribution < -0.4 is 0 Å². The number of hydrogen-bond acceptors (Lipinski definition) is 7. The first-order valence-electron chi connectivity index (χ1n) is 5.82. The van der Waals surface area contributed by atoms with Gasteiger partial charge in [-0.2, -0.15) is 0 Å². The molecule has 8 nitrogen and oxygen atoms in total. The topological polar surface area (TPSA) is 108 Å². The monoisotopic (exact) mass is 363 g/mol. The zero-order valence-corrected chi connectivity index (χ0v) is 12.7. The fourth-order valence-electron chi connectivity index (χ4n) is 1.31. The highest BCUT2D eigenvalue weighted by molar-refractivity contribution is 9.09. The molecule has 0 unspecified atom stereocenters. The van der Waals surface area contributed by atoms with Gasteiger partial charge in [-0.25, -0.2) is 4.79 Å². The van der Waals surface area contributed by atoms with E-state index in [1.54, 1.807) is 0 Å². The van der Waals surface area contributed by atoms with Crippen molar-refractivity contribution in [2.75, 3.05) is 20.3 Å². The van der Waals surface area contributed by atoms with Gasteiger partial charge in [-0.1, -0.05) is 0 Å². The molecular formula is C12H14BrNO7. The molecule has 9 heteroatoms. The van der Waals surface area contributed by atoms with Crippen molar-refractivity contribution >= 4 is 21.9 Å². The highest BCUT2D eigenvalue weighted by Gasteiger charge is 2.28. The highest BCUT2D eigenvalue weighted by Crippen LogP contribution is 2.12. The van der Waals surface area contributed by atoms with Crippen molar-refractivity contribution in [3.8, 4) is 5.75 Å². The van der Waals surface area contributed by atoms with Crippen molar-refractivity contribution in [1.82, 2.24) is 0 Å². The van der Waals surface area contributed by atoms with Gasteiger partial charge < -0.3 is 19.3 Å². The van der Waals surface area contributed by atoms with Crippen molar-refractivity contribution in [2.45, 2.75) is 11.2 Å². The van der Waals surface area contributed by atoms with E-state index < -0.39 is 22.1 Å². The van der Waals surface area contributed by atoms with E-state index in [0.717, 1.165) is 0 Å². The Balaban J connectivity index is 0.000000211. The molecule has 1 N–H and O–H groups in total. The van der Waals surface area contributed by atoms with Crippen molar-refractivity contribution in [1.29, 1.82) is 0 Å². The van der Waals surface area contributed by atoms with Gasteiger partial charge >= 0.3 is 5.97 Å². The standard InChI is InChI=1S/C8H8O3.C4H6BrNO4/c1-11-8(10)6-2-4-7(9)5-3-6;5-4-9-1-3(2-10-4)6(7)8/h2-5,9H,1H3;3-4H,1-2H2. The number of carbonyl (C=O) groups excluding carboxylic acids is 1. The summed E-state index contributed by atoms with van der Waals surface area (Å²) in [5.41, 5.74) is 0.435. The number of phenols is 1. The Morgan fingerprint density at radius 1 is 1.38 bits per heavy atom. The van der Waals surface area contributed by atoms with Crippen LogP contribution in [-0.2, 0) is 14.2 Å². The number of nitro groups is 1. The minimum atomic E-state index is -0.714. The molecule has 1 aliphatic heterocycles. The molecule has 0 aliphatic carbocycles. The molecule has 1 heterocycles. The lowest BCUT2D eigenvalue weighted by molar-refractivity contribution is -0.540. The Kier molecular flexibility index (Phi) is 7.06. The number of nitrogens with zero attached hydrogens (tertiary/aromatic N) is 1. The number of phenolic OH excluding ortho intramolecular Hbond substituents is 1. The Morgan fingerprint density at radius 3 is 2.33 bits per heavy atom. The lowest BCUT2D eigenvalue weighted by Gasteiger charge is -2.20. The molecule has 1 aliphatic rings. The maximum Gasteiger partial charge on any atom is 0.337 e. The molecule has 1 aromatic carbocycles. The van der Waals surface area contributed by atoms with Crippen LogP contribution in [0.3, 0.4) is 0 Å². The minimum absolute atomic E-state index is 0.114. The maximum atomic E-state index is 10.8. The van der Waals surface area contributed by atoms with E-state index in [0.29, 0.717) is 5.56 Å². The Morgan fingerprint density at radius 2 is 1.90 bits per heavy atom. The second kappa shape index (κ2) is 8.55. The quantitative estimate of drug-likeness (QED) is 0.367. The predicted molar refractivity (Wildman–Crippen MR) is 74.8 cm³/mol. The number of halogens is 1. The number of rotatable bonds is 2. The number of aromatic hydroxyl groups is 1. The Bertz CT molecular complexity index is 471. The van der Waals surface area contributed by atoms with Gasteiger partial charge in [-0.3, -0.25) is 10.1 Å². The van der Waals surface area contributed by atoms with Crippen LogP contribution in [0.2, 0.25) is 0 Å². The summed E-state index contributed by atoms with van der Waals surface area (Å²) in [5.74, 6) is -0.261. The number of alkyl halides is 1. The largest absolute Gasteiger partial charge is 0.508 e. The fraction of sp³-hybridized carbons (Fsp3) is 0.417. The third kappa shape index (κ3) is 6.06. The molecular weight excluding hydrogens is 350 g/mol. The second-order valence-electron chi connectivity index (χ2n) is 3.92. The summed E-state index contributed by atoms with van der Waals surface area (Å²) in [6, 6.07) is 5.16. The first-order valence-corrected chi connectivity index (χ1v) is 6.73. The van der Waals surface area contributed by atoms with Gasteiger partial charge in [0.15, 0.2) is 0 Å². The van der Waals surface area contributed by atoms with Crippen LogP contribution in [0.4, 0.5) is 0 Å². The minimum Gasteiger partial charge on any atom is -0.508 e. The van der Waals surface area contributed by atoms with E-state index in [2.05, 4.69) is 20.7 Å². The van der Waals surface area contributed by atoms with Gasteiger partial charge in [-0.05, 0) is 40.2 Å². The van der Waals surface area contributed by atoms with E-state index in [1.165, 1.54) is 31.4 Å². The average molecular weight is 364 g/mol. The molecule has 0 spiro atoms. The lowest BCUT2D eigenvalue weighted by Crippen LogP contribution is -2.38. The summed E-state index contributed by atoms with van der Waals surface area (Å²) >= 11 is 3.00. The third-order valence-electron chi connectivity index (χ3n) is 2.43. The van der Waals surface area contributed by atoms with Gasteiger partial charge in [0.1, 0.15) is 19.0 Å². The molecule has 2 rings (SSSR count). The Labute approximate surface area is 128 Å². The van der Waals surface area contributed by atoms with Crippen molar-refractivity contribution in [3.05, 3.63) is 39.9 Å². The molecule has 1 fully saturated rings. The molecule has 0 amide bonds. The lowest BCUT2D eigenvalue weighted by atomic mass is 10.2. The smallest absolute Gasteiger partial charge is 0.337 e. The van der Waals surface area contributed by atoms with Gasteiger partial charge in [-0.15, -0.1) is 0 Å². The average Bonchev–Trinajstić information content (AvgIpc) is 2.48. The van der Waals surface area contributed by atoms with E-state index in [4.69, 9.17) is 14.6 Å². The number of ether oxygens (including phenoxy) is 3. The van der Waals surface area contributed by atoms with Crippen LogP contribution in [-0.4, -0.2) is 47.6 Å². The van der Waals surface area contributed by atoms with Crippen molar-refractivity contribution < 1.29 is 29.0 Å². The number of carbonyl (C=O) groups is 1. The maximum absolute atomic E-state index is 10.8. The Hall–Kier alpha value is -1.71. The number of methoxy groups -OCH3 is 1. The molecule has 21 heavy (non-hydrogen) atoms. The number of benzene rings is 1. The number of esters is 1. The molecule has 0 bridgehead atoms. The molecule has 1 saturated heterocycles. The highest BCUT2D eigenvalue weighted by atomic mass is 79.9. The van der Waals surface area contributed by atoms with E-state index in [1.807, 2.05) is 0 Å². The second-order valence-corrected chi connectivity index (χ2v) is 4.67. The van der Waals surface area contributed by atoms with Crippen LogP contribution in [0.25, 0.3) is 0 Å².